The molecule has 4 rings (SSSR count). The fourth-order valence-corrected chi connectivity index (χ4v) is 5.32. The van der Waals surface area contributed by atoms with Gasteiger partial charge in [-0.3, -0.25) is 29.0 Å². The standard InChI is InChI=1S/2C15H19NO4/c2*1-19-14(17)12-8-9-13(15(18)20-2)16(12)10-11-6-4-3-5-7-11/h2*3-7,12-13H,8-10H2,1-2H3/t2*12-,13+. The molecular weight excluding hydrogens is 516 g/mol. The van der Waals surface area contributed by atoms with Gasteiger partial charge in [-0.25, -0.2) is 0 Å². The predicted octanol–water partition coefficient (Wildman–Crippen LogP) is 2.73. The third-order valence-corrected chi connectivity index (χ3v) is 7.34. The van der Waals surface area contributed by atoms with Crippen LogP contribution in [0.3, 0.4) is 0 Å². The molecule has 2 saturated heterocycles. The largest absolute Gasteiger partial charge is 0.468 e. The summed E-state index contributed by atoms with van der Waals surface area (Å²) in [6.45, 7) is 1.06. The molecule has 0 aliphatic carbocycles. The zero-order chi connectivity index (χ0) is 29.1. The van der Waals surface area contributed by atoms with Crippen molar-refractivity contribution in [3.63, 3.8) is 0 Å². The second-order valence-corrected chi connectivity index (χ2v) is 9.63. The lowest BCUT2D eigenvalue weighted by molar-refractivity contribution is -0.152. The third kappa shape index (κ3) is 7.67. The molecule has 0 amide bonds. The van der Waals surface area contributed by atoms with E-state index < -0.39 is 0 Å². The Morgan fingerprint density at radius 2 is 0.775 bits per heavy atom. The Labute approximate surface area is 235 Å². The molecule has 216 valence electrons. The van der Waals surface area contributed by atoms with Crippen LogP contribution in [0.15, 0.2) is 60.7 Å². The normalized spacial score (nSPS) is 22.5. The number of hydrogen-bond donors (Lipinski definition) is 0. The molecule has 2 aliphatic rings. The lowest BCUT2D eigenvalue weighted by atomic mass is 10.2. The Bertz CT molecular complexity index is 990. The Morgan fingerprint density at radius 3 is 1.00 bits per heavy atom. The van der Waals surface area contributed by atoms with Crippen LogP contribution in [0.1, 0.15) is 36.8 Å². The smallest absolute Gasteiger partial charge is 0.323 e. The maximum atomic E-state index is 11.9. The summed E-state index contributed by atoms with van der Waals surface area (Å²) in [5.74, 6) is -1.20. The Morgan fingerprint density at radius 1 is 0.525 bits per heavy atom. The zero-order valence-electron chi connectivity index (χ0n) is 23.5. The van der Waals surface area contributed by atoms with Crippen molar-refractivity contribution in [2.24, 2.45) is 0 Å². The summed E-state index contributed by atoms with van der Waals surface area (Å²) in [5.41, 5.74) is 2.11. The molecule has 2 fully saturated rings. The summed E-state index contributed by atoms with van der Waals surface area (Å²) in [5, 5.41) is 0. The monoisotopic (exact) mass is 554 g/mol. The molecule has 2 aromatic carbocycles. The number of benzene rings is 2. The lowest BCUT2D eigenvalue weighted by Gasteiger charge is -2.27. The van der Waals surface area contributed by atoms with E-state index in [1.54, 1.807) is 0 Å². The van der Waals surface area contributed by atoms with Crippen LogP contribution in [-0.2, 0) is 51.2 Å². The Kier molecular flexibility index (Phi) is 11.6. The van der Waals surface area contributed by atoms with E-state index in [1.165, 1.54) is 28.4 Å². The summed E-state index contributed by atoms with van der Waals surface area (Å²) in [6, 6.07) is 18.0. The van der Waals surface area contributed by atoms with Crippen molar-refractivity contribution in [1.29, 1.82) is 0 Å². The van der Waals surface area contributed by atoms with Crippen molar-refractivity contribution < 1.29 is 38.1 Å². The quantitative estimate of drug-likeness (QED) is 0.357. The second kappa shape index (κ2) is 15.1. The first-order chi connectivity index (χ1) is 19.3. The minimum absolute atomic E-state index is 0.299. The van der Waals surface area contributed by atoms with Gasteiger partial charge in [-0.15, -0.1) is 0 Å². The lowest BCUT2D eigenvalue weighted by Crippen LogP contribution is -2.44. The van der Waals surface area contributed by atoms with E-state index in [0.29, 0.717) is 38.8 Å². The molecule has 2 heterocycles. The van der Waals surface area contributed by atoms with Gasteiger partial charge >= 0.3 is 23.9 Å². The number of esters is 4. The minimum Gasteiger partial charge on any atom is -0.468 e. The van der Waals surface area contributed by atoms with Gasteiger partial charge in [0.2, 0.25) is 0 Å². The van der Waals surface area contributed by atoms with Crippen LogP contribution < -0.4 is 0 Å². The van der Waals surface area contributed by atoms with Gasteiger partial charge in [0.05, 0.1) is 28.4 Å². The molecule has 10 nitrogen and oxygen atoms in total. The summed E-state index contributed by atoms with van der Waals surface area (Å²) in [4.78, 5) is 51.2. The maximum Gasteiger partial charge on any atom is 0.323 e. The van der Waals surface area contributed by atoms with Crippen molar-refractivity contribution in [2.75, 3.05) is 28.4 Å². The summed E-state index contributed by atoms with van der Waals surface area (Å²) in [7, 11) is 5.48. The van der Waals surface area contributed by atoms with E-state index in [9.17, 15) is 19.2 Å². The number of ether oxygens (including phenoxy) is 4. The zero-order valence-corrected chi connectivity index (χ0v) is 23.5. The van der Waals surface area contributed by atoms with Gasteiger partial charge in [-0.2, -0.15) is 0 Å². The van der Waals surface area contributed by atoms with Gasteiger partial charge in [-0.05, 0) is 36.8 Å². The molecule has 0 bridgehead atoms. The first-order valence-corrected chi connectivity index (χ1v) is 13.2. The van der Waals surface area contributed by atoms with Crippen molar-refractivity contribution in [2.45, 2.75) is 62.9 Å². The number of hydrogen-bond acceptors (Lipinski definition) is 10. The predicted molar refractivity (Wildman–Crippen MR) is 146 cm³/mol. The molecular formula is C30H38N2O8. The fraction of sp³-hybridized carbons (Fsp3) is 0.467. The van der Waals surface area contributed by atoms with Crippen LogP contribution in [0.5, 0.6) is 0 Å². The van der Waals surface area contributed by atoms with Gasteiger partial charge in [0.25, 0.3) is 0 Å². The molecule has 0 N–H and O–H groups in total. The second-order valence-electron chi connectivity index (χ2n) is 9.63. The number of nitrogens with zero attached hydrogens (tertiary/aromatic N) is 2. The highest BCUT2D eigenvalue weighted by Crippen LogP contribution is 2.29. The Hall–Kier alpha value is -3.76. The highest BCUT2D eigenvalue weighted by molar-refractivity contribution is 5.82. The average molecular weight is 555 g/mol. The van der Waals surface area contributed by atoms with E-state index in [4.69, 9.17) is 18.9 Å². The van der Waals surface area contributed by atoms with E-state index in [2.05, 4.69) is 0 Å². The van der Waals surface area contributed by atoms with Crippen molar-refractivity contribution in [3.8, 4) is 0 Å². The van der Waals surface area contributed by atoms with E-state index in [1.807, 2.05) is 70.5 Å². The molecule has 2 aromatic rings. The number of likely N-dealkylation sites (tertiary alicyclic amines) is 2. The van der Waals surface area contributed by atoms with Gasteiger partial charge in [-0.1, -0.05) is 60.7 Å². The summed E-state index contributed by atoms with van der Waals surface area (Å²) < 4.78 is 19.3. The number of methoxy groups -OCH3 is 4. The van der Waals surface area contributed by atoms with Crippen LogP contribution >= 0.6 is 0 Å². The molecule has 0 aromatic heterocycles. The van der Waals surface area contributed by atoms with E-state index >= 15 is 0 Å². The van der Waals surface area contributed by atoms with Gasteiger partial charge in [0.15, 0.2) is 0 Å². The topological polar surface area (TPSA) is 112 Å². The van der Waals surface area contributed by atoms with Crippen LogP contribution in [0.2, 0.25) is 0 Å². The molecule has 2 aliphatic heterocycles. The van der Waals surface area contributed by atoms with Gasteiger partial charge in [0.1, 0.15) is 24.2 Å². The minimum atomic E-state index is -0.385. The third-order valence-electron chi connectivity index (χ3n) is 7.34. The maximum absolute atomic E-state index is 11.9. The van der Waals surface area contributed by atoms with E-state index in [-0.39, 0.29) is 48.0 Å². The van der Waals surface area contributed by atoms with Crippen LogP contribution in [-0.4, -0.2) is 86.3 Å². The summed E-state index contributed by atoms with van der Waals surface area (Å²) >= 11 is 0. The number of rotatable bonds is 8. The van der Waals surface area contributed by atoms with Gasteiger partial charge in [0, 0.05) is 13.1 Å². The summed E-state index contributed by atoms with van der Waals surface area (Å²) in [6.07, 6.45) is 2.44. The first-order valence-electron chi connectivity index (χ1n) is 13.2. The van der Waals surface area contributed by atoms with Crippen LogP contribution in [0.4, 0.5) is 0 Å². The van der Waals surface area contributed by atoms with Gasteiger partial charge < -0.3 is 18.9 Å². The van der Waals surface area contributed by atoms with Crippen LogP contribution in [0, 0.1) is 0 Å². The molecule has 0 spiro atoms. The first kappa shape index (κ1) is 30.8. The molecule has 10 heteroatoms. The highest BCUT2D eigenvalue weighted by atomic mass is 16.5. The highest BCUT2D eigenvalue weighted by Gasteiger charge is 2.43. The number of carbonyl (C=O) groups is 4. The molecule has 0 radical (unpaired) electrons. The SMILES string of the molecule is COC(=O)[C@H]1CC[C@@H](C(=O)OC)N1Cc1ccccc1.COC(=O)[C@H]1CC[C@@H](C(=O)OC)N1Cc1ccccc1. The average Bonchev–Trinajstić information content (AvgIpc) is 3.61. The Balaban J connectivity index is 0.000000220. The van der Waals surface area contributed by atoms with Crippen molar-refractivity contribution >= 4 is 23.9 Å². The van der Waals surface area contributed by atoms with Crippen molar-refractivity contribution in [1.82, 2.24) is 9.80 Å². The molecule has 40 heavy (non-hydrogen) atoms. The number of carbonyl (C=O) groups excluding carboxylic acids is 4. The van der Waals surface area contributed by atoms with Crippen LogP contribution in [0.25, 0.3) is 0 Å². The molecule has 4 atom stereocenters. The molecule has 0 unspecified atom stereocenters. The van der Waals surface area contributed by atoms with E-state index in [0.717, 1.165) is 11.1 Å². The fourth-order valence-electron chi connectivity index (χ4n) is 5.32. The van der Waals surface area contributed by atoms with Crippen molar-refractivity contribution in [3.05, 3.63) is 71.8 Å². The molecule has 0 saturated carbocycles.